The van der Waals surface area contributed by atoms with Crippen LogP contribution in [0.4, 0.5) is 0 Å². The van der Waals surface area contributed by atoms with E-state index in [1.165, 1.54) is 5.56 Å². The molecule has 0 saturated carbocycles. The summed E-state index contributed by atoms with van der Waals surface area (Å²) in [6.45, 7) is 2.03. The normalized spacial score (nSPS) is 10.5. The van der Waals surface area contributed by atoms with Gasteiger partial charge in [0.1, 0.15) is 0 Å². The zero-order valence-corrected chi connectivity index (χ0v) is 8.92. The van der Waals surface area contributed by atoms with E-state index < -0.39 is 0 Å². The van der Waals surface area contributed by atoms with Crippen LogP contribution >= 0.6 is 11.6 Å². The summed E-state index contributed by atoms with van der Waals surface area (Å²) in [5.41, 5.74) is 3.26. The van der Waals surface area contributed by atoms with Gasteiger partial charge >= 0.3 is 0 Å². The Morgan fingerprint density at radius 3 is 2.71 bits per heavy atom. The molecule has 14 heavy (non-hydrogen) atoms. The summed E-state index contributed by atoms with van der Waals surface area (Å²) in [5.74, 6) is 0. The lowest BCUT2D eigenvalue weighted by Crippen LogP contribution is -1.84. The molecule has 0 aliphatic heterocycles. The predicted molar refractivity (Wildman–Crippen MR) is 58.4 cm³/mol. The van der Waals surface area contributed by atoms with Crippen LogP contribution in [0.1, 0.15) is 5.56 Å². The monoisotopic (exact) mass is 206 g/mol. The molecule has 0 radical (unpaired) electrons. The second kappa shape index (κ2) is 3.46. The molecule has 0 fully saturated rings. The lowest BCUT2D eigenvalue weighted by Gasteiger charge is -2.01. The SMILES string of the molecule is Cc1ccc(-c2cnn(C)c2)c(Cl)c1. The summed E-state index contributed by atoms with van der Waals surface area (Å²) in [6.07, 6.45) is 3.77. The molecule has 0 unspecified atom stereocenters. The third-order valence-electron chi connectivity index (χ3n) is 2.14. The first-order valence-corrected chi connectivity index (χ1v) is 4.80. The van der Waals surface area contributed by atoms with Crippen LogP contribution in [0.25, 0.3) is 11.1 Å². The fourth-order valence-electron chi connectivity index (χ4n) is 1.41. The molecule has 1 aromatic carbocycles. The maximum atomic E-state index is 6.14. The van der Waals surface area contributed by atoms with Crippen molar-refractivity contribution < 1.29 is 0 Å². The molecule has 2 nitrogen and oxygen atoms in total. The first-order valence-electron chi connectivity index (χ1n) is 4.42. The van der Waals surface area contributed by atoms with Crippen molar-refractivity contribution in [2.75, 3.05) is 0 Å². The quantitative estimate of drug-likeness (QED) is 0.701. The van der Waals surface area contributed by atoms with Gasteiger partial charge in [-0.05, 0) is 18.6 Å². The Morgan fingerprint density at radius 1 is 1.36 bits per heavy atom. The van der Waals surface area contributed by atoms with Gasteiger partial charge in [0.25, 0.3) is 0 Å². The van der Waals surface area contributed by atoms with Crippen LogP contribution in [0.3, 0.4) is 0 Å². The molecule has 1 heterocycles. The molecule has 0 saturated heterocycles. The van der Waals surface area contributed by atoms with Crippen molar-refractivity contribution in [1.29, 1.82) is 0 Å². The number of aromatic nitrogens is 2. The smallest absolute Gasteiger partial charge is 0.0568 e. The maximum absolute atomic E-state index is 6.14. The molecule has 1 aromatic heterocycles. The molecule has 3 heteroatoms. The fraction of sp³-hybridized carbons (Fsp3) is 0.182. The van der Waals surface area contributed by atoms with Crippen molar-refractivity contribution in [1.82, 2.24) is 9.78 Å². The third kappa shape index (κ3) is 1.66. The zero-order chi connectivity index (χ0) is 10.1. The van der Waals surface area contributed by atoms with Crippen molar-refractivity contribution in [3.8, 4) is 11.1 Å². The molecule has 0 spiro atoms. The molecule has 72 valence electrons. The van der Waals surface area contributed by atoms with Gasteiger partial charge in [0.05, 0.1) is 6.20 Å². The van der Waals surface area contributed by atoms with E-state index in [-0.39, 0.29) is 0 Å². The van der Waals surface area contributed by atoms with E-state index >= 15 is 0 Å². The first kappa shape index (κ1) is 9.28. The van der Waals surface area contributed by atoms with Crippen LogP contribution in [-0.4, -0.2) is 9.78 Å². The molecule has 0 atom stereocenters. The number of hydrogen-bond donors (Lipinski definition) is 0. The Morgan fingerprint density at radius 2 is 2.14 bits per heavy atom. The van der Waals surface area contributed by atoms with Crippen molar-refractivity contribution >= 4 is 11.6 Å². The molecular weight excluding hydrogens is 196 g/mol. The van der Waals surface area contributed by atoms with Gasteiger partial charge in [-0.15, -0.1) is 0 Å². The van der Waals surface area contributed by atoms with Crippen LogP contribution in [0.5, 0.6) is 0 Å². The summed E-state index contributed by atoms with van der Waals surface area (Å²) in [4.78, 5) is 0. The highest BCUT2D eigenvalue weighted by Crippen LogP contribution is 2.27. The molecule has 2 rings (SSSR count). The summed E-state index contributed by atoms with van der Waals surface area (Å²) in [5, 5.41) is 4.89. The van der Waals surface area contributed by atoms with Crippen LogP contribution in [-0.2, 0) is 7.05 Å². The summed E-state index contributed by atoms with van der Waals surface area (Å²) >= 11 is 6.14. The fourth-order valence-corrected chi connectivity index (χ4v) is 1.76. The van der Waals surface area contributed by atoms with Crippen LogP contribution in [0.15, 0.2) is 30.6 Å². The maximum Gasteiger partial charge on any atom is 0.0568 e. The largest absolute Gasteiger partial charge is 0.275 e. The van der Waals surface area contributed by atoms with Gasteiger partial charge in [-0.1, -0.05) is 23.7 Å². The number of rotatable bonds is 1. The van der Waals surface area contributed by atoms with Crippen molar-refractivity contribution in [2.24, 2.45) is 7.05 Å². The lowest BCUT2D eigenvalue weighted by atomic mass is 10.1. The number of hydrogen-bond acceptors (Lipinski definition) is 1. The second-order valence-electron chi connectivity index (χ2n) is 3.39. The number of halogens is 1. The van der Waals surface area contributed by atoms with Gasteiger partial charge in [0.2, 0.25) is 0 Å². The number of aryl methyl sites for hydroxylation is 2. The van der Waals surface area contributed by atoms with Gasteiger partial charge in [-0.3, -0.25) is 4.68 Å². The number of nitrogens with zero attached hydrogens (tertiary/aromatic N) is 2. The predicted octanol–water partition coefficient (Wildman–Crippen LogP) is 3.05. The van der Waals surface area contributed by atoms with Crippen molar-refractivity contribution in [3.63, 3.8) is 0 Å². The minimum atomic E-state index is 0.776. The van der Waals surface area contributed by atoms with Gasteiger partial charge in [0.15, 0.2) is 0 Å². The Kier molecular flexibility index (Phi) is 2.30. The van der Waals surface area contributed by atoms with Crippen molar-refractivity contribution in [2.45, 2.75) is 6.92 Å². The average Bonchev–Trinajstić information content (AvgIpc) is 2.51. The molecule has 0 aliphatic carbocycles. The highest BCUT2D eigenvalue weighted by atomic mass is 35.5. The Balaban J connectivity index is 2.52. The van der Waals surface area contributed by atoms with E-state index in [1.54, 1.807) is 4.68 Å². The summed E-state index contributed by atoms with van der Waals surface area (Å²) in [6, 6.07) is 6.03. The summed E-state index contributed by atoms with van der Waals surface area (Å²) < 4.78 is 1.77. The lowest BCUT2D eigenvalue weighted by molar-refractivity contribution is 0.768. The highest BCUT2D eigenvalue weighted by molar-refractivity contribution is 6.33. The standard InChI is InChI=1S/C11H11ClN2/c1-8-3-4-10(11(12)5-8)9-6-13-14(2)7-9/h3-7H,1-2H3. The van der Waals surface area contributed by atoms with E-state index in [0.717, 1.165) is 16.1 Å². The average molecular weight is 207 g/mol. The van der Waals surface area contributed by atoms with E-state index in [1.807, 2.05) is 44.6 Å². The van der Waals surface area contributed by atoms with Crippen LogP contribution < -0.4 is 0 Å². The Labute approximate surface area is 88.1 Å². The second-order valence-corrected chi connectivity index (χ2v) is 3.79. The van der Waals surface area contributed by atoms with Gasteiger partial charge < -0.3 is 0 Å². The first-order chi connectivity index (χ1) is 6.66. The summed E-state index contributed by atoms with van der Waals surface area (Å²) in [7, 11) is 1.89. The van der Waals surface area contributed by atoms with E-state index in [0.29, 0.717) is 0 Å². The zero-order valence-electron chi connectivity index (χ0n) is 8.16. The van der Waals surface area contributed by atoms with E-state index in [9.17, 15) is 0 Å². The van der Waals surface area contributed by atoms with Crippen LogP contribution in [0, 0.1) is 6.92 Å². The third-order valence-corrected chi connectivity index (χ3v) is 2.45. The van der Waals surface area contributed by atoms with E-state index in [2.05, 4.69) is 5.10 Å². The van der Waals surface area contributed by atoms with Gasteiger partial charge in [0, 0.05) is 29.4 Å². The highest BCUT2D eigenvalue weighted by Gasteiger charge is 2.04. The van der Waals surface area contributed by atoms with E-state index in [4.69, 9.17) is 11.6 Å². The molecule has 0 aliphatic rings. The molecule has 0 bridgehead atoms. The number of benzene rings is 1. The molecule has 2 aromatic rings. The minimum absolute atomic E-state index is 0.776. The molecule has 0 amide bonds. The Hall–Kier alpha value is -1.28. The minimum Gasteiger partial charge on any atom is -0.275 e. The molecular formula is C11H11ClN2. The molecule has 0 N–H and O–H groups in total. The van der Waals surface area contributed by atoms with Gasteiger partial charge in [-0.25, -0.2) is 0 Å². The van der Waals surface area contributed by atoms with Crippen LogP contribution in [0.2, 0.25) is 5.02 Å². The topological polar surface area (TPSA) is 17.8 Å². The van der Waals surface area contributed by atoms with Gasteiger partial charge in [-0.2, -0.15) is 5.10 Å². The van der Waals surface area contributed by atoms with Crippen molar-refractivity contribution in [3.05, 3.63) is 41.2 Å². The Bertz CT molecular complexity index is 460.